The molecule has 0 atom stereocenters. The van der Waals surface area contributed by atoms with Gasteiger partial charge in [0.2, 0.25) is 0 Å². The van der Waals surface area contributed by atoms with Crippen molar-refractivity contribution in [3.05, 3.63) is 83.9 Å². The number of sulfone groups is 1. The van der Waals surface area contributed by atoms with E-state index in [2.05, 4.69) is 15.4 Å². The quantitative estimate of drug-likeness (QED) is 0.384. The van der Waals surface area contributed by atoms with Crippen LogP contribution in [0.15, 0.2) is 77.7 Å². The number of nitrogens with zero attached hydrogens (tertiary/aromatic N) is 1. The van der Waals surface area contributed by atoms with E-state index >= 15 is 0 Å². The van der Waals surface area contributed by atoms with Gasteiger partial charge >= 0.3 is 17.9 Å². The molecule has 0 saturated carbocycles. The maximum atomic E-state index is 13.1. The summed E-state index contributed by atoms with van der Waals surface area (Å²) in [6.45, 7) is 4.78. The lowest BCUT2D eigenvalue weighted by Gasteiger charge is -2.24. The third-order valence-electron chi connectivity index (χ3n) is 5.79. The number of alkyl carbamates (subject to hydrolysis) is 1. The monoisotopic (exact) mass is 551 g/mol. The summed E-state index contributed by atoms with van der Waals surface area (Å²) in [5.74, 6) is -1.32. The van der Waals surface area contributed by atoms with Crippen molar-refractivity contribution in [3.63, 3.8) is 0 Å². The Morgan fingerprint density at radius 1 is 0.923 bits per heavy atom. The smallest absolute Gasteiger partial charge is 0.407 e. The maximum Gasteiger partial charge on any atom is 0.407 e. The van der Waals surface area contributed by atoms with Crippen LogP contribution in [0.3, 0.4) is 0 Å². The maximum absolute atomic E-state index is 13.1. The van der Waals surface area contributed by atoms with Gasteiger partial charge in [-0.05, 0) is 40.8 Å². The minimum absolute atomic E-state index is 0.125. The fourth-order valence-corrected chi connectivity index (χ4v) is 4.97. The molecule has 0 saturated heterocycles. The van der Waals surface area contributed by atoms with Crippen LogP contribution in [0, 0.1) is 5.92 Å². The number of nitrogens with one attached hydrogen (secondary N) is 2. The molecule has 0 fully saturated rings. The van der Waals surface area contributed by atoms with Crippen LogP contribution in [0.25, 0.3) is 11.1 Å². The molecule has 0 aliphatic heterocycles. The number of hydrogen-bond acceptors (Lipinski definition) is 6. The van der Waals surface area contributed by atoms with Crippen LogP contribution in [0.1, 0.15) is 25.0 Å². The first-order valence-electron chi connectivity index (χ1n) is 12.4. The van der Waals surface area contributed by atoms with Gasteiger partial charge in [0.1, 0.15) is 0 Å². The number of hydrogen-bond donors (Lipinski definition) is 2. The Hall–Kier alpha value is -4.18. The van der Waals surface area contributed by atoms with E-state index in [-0.39, 0.29) is 23.9 Å². The molecule has 9 nitrogen and oxygen atoms in total. The van der Waals surface area contributed by atoms with Crippen molar-refractivity contribution in [1.29, 1.82) is 0 Å². The summed E-state index contributed by atoms with van der Waals surface area (Å²) < 4.78 is 28.9. The number of ether oxygens (including phenoxy) is 1. The number of benzene rings is 3. The highest BCUT2D eigenvalue weighted by atomic mass is 32.2. The number of amides is 3. The lowest BCUT2D eigenvalue weighted by molar-refractivity contribution is -0.143. The Kier molecular flexibility index (Phi) is 9.84. The van der Waals surface area contributed by atoms with Gasteiger partial charge in [0.15, 0.2) is 9.84 Å². The first-order valence-corrected chi connectivity index (χ1v) is 14.3. The number of rotatable bonds is 9. The Labute approximate surface area is 229 Å². The van der Waals surface area contributed by atoms with E-state index in [0.717, 1.165) is 17.4 Å². The molecule has 2 N–H and O–H groups in total. The first-order chi connectivity index (χ1) is 18.5. The van der Waals surface area contributed by atoms with Gasteiger partial charge in [-0.15, -0.1) is 0 Å². The number of carbonyl (C=O) groups is 3. The molecule has 3 aromatic rings. The topological polar surface area (TPSA) is 122 Å². The van der Waals surface area contributed by atoms with Gasteiger partial charge in [-0.1, -0.05) is 68.4 Å². The number of carbonyl (C=O) groups excluding carboxylic acids is 3. The van der Waals surface area contributed by atoms with E-state index in [9.17, 15) is 22.8 Å². The highest BCUT2D eigenvalue weighted by Gasteiger charge is 2.23. The van der Waals surface area contributed by atoms with Crippen LogP contribution < -0.4 is 10.6 Å². The standard InChI is InChI=1S/C29H33N3O6S/c1-20(2)18-32(19-22-9-7-8-21(16-22)17-30-29(35)38-3)28(34)27(33)31-24-14-12-23(13-15-24)25-10-5-6-11-26(25)39(4,36)37/h5-16,20H,17-19H2,1-4H3,(H,30,35)(H,31,33). The van der Waals surface area contributed by atoms with Gasteiger partial charge in [0.25, 0.3) is 0 Å². The summed E-state index contributed by atoms with van der Waals surface area (Å²) in [5, 5.41) is 5.26. The van der Waals surface area contributed by atoms with E-state index < -0.39 is 27.7 Å². The van der Waals surface area contributed by atoms with Crippen molar-refractivity contribution >= 4 is 33.4 Å². The van der Waals surface area contributed by atoms with E-state index in [4.69, 9.17) is 0 Å². The zero-order chi connectivity index (χ0) is 28.6. The summed E-state index contributed by atoms with van der Waals surface area (Å²) in [6, 6.07) is 20.7. The second-order valence-corrected chi connectivity index (χ2v) is 11.5. The Morgan fingerprint density at radius 2 is 1.59 bits per heavy atom. The predicted octanol–water partition coefficient (Wildman–Crippen LogP) is 4.24. The fourth-order valence-electron chi connectivity index (χ4n) is 4.05. The van der Waals surface area contributed by atoms with Crippen LogP contribution in [0.4, 0.5) is 10.5 Å². The summed E-state index contributed by atoms with van der Waals surface area (Å²) >= 11 is 0. The van der Waals surface area contributed by atoms with Crippen molar-refractivity contribution in [2.45, 2.75) is 31.8 Å². The van der Waals surface area contributed by atoms with Crippen LogP contribution in [-0.2, 0) is 37.3 Å². The third kappa shape index (κ3) is 8.41. The van der Waals surface area contributed by atoms with Crippen LogP contribution in [0.2, 0.25) is 0 Å². The molecule has 206 valence electrons. The second kappa shape index (κ2) is 13.1. The molecule has 10 heteroatoms. The number of methoxy groups -OCH3 is 1. The van der Waals surface area contributed by atoms with Crippen molar-refractivity contribution in [3.8, 4) is 11.1 Å². The molecule has 0 spiro atoms. The summed E-state index contributed by atoms with van der Waals surface area (Å²) in [5.41, 5.74) is 3.28. The van der Waals surface area contributed by atoms with E-state index in [1.807, 2.05) is 38.1 Å². The SMILES string of the molecule is COC(=O)NCc1cccc(CN(CC(C)C)C(=O)C(=O)Nc2ccc(-c3ccccc3S(C)(=O)=O)cc2)c1. The molecule has 39 heavy (non-hydrogen) atoms. The summed E-state index contributed by atoms with van der Waals surface area (Å²) in [7, 11) is -2.13. The highest BCUT2D eigenvalue weighted by molar-refractivity contribution is 7.90. The number of anilines is 1. The molecule has 0 aliphatic carbocycles. The fraction of sp³-hybridized carbons (Fsp3) is 0.276. The Balaban J connectivity index is 1.72. The van der Waals surface area contributed by atoms with Gasteiger partial charge in [-0.2, -0.15) is 0 Å². The first kappa shape index (κ1) is 29.4. The highest BCUT2D eigenvalue weighted by Crippen LogP contribution is 2.28. The molecule has 0 bridgehead atoms. The van der Waals surface area contributed by atoms with Crippen molar-refractivity contribution in [1.82, 2.24) is 10.2 Å². The molecular formula is C29H33N3O6S. The van der Waals surface area contributed by atoms with Gasteiger partial charge in [0, 0.05) is 37.1 Å². The molecule has 0 aromatic heterocycles. The summed E-state index contributed by atoms with van der Waals surface area (Å²) in [6.07, 6.45) is 0.617. The molecule has 3 rings (SSSR count). The lowest BCUT2D eigenvalue weighted by atomic mass is 10.1. The minimum Gasteiger partial charge on any atom is -0.453 e. The largest absolute Gasteiger partial charge is 0.453 e. The van der Waals surface area contributed by atoms with Gasteiger partial charge in [0.05, 0.1) is 12.0 Å². The third-order valence-corrected chi connectivity index (χ3v) is 6.95. The average Bonchev–Trinajstić information content (AvgIpc) is 2.90. The molecule has 0 radical (unpaired) electrons. The molecule has 0 unspecified atom stereocenters. The van der Waals surface area contributed by atoms with Gasteiger partial charge < -0.3 is 20.3 Å². The van der Waals surface area contributed by atoms with Crippen molar-refractivity contribution in [2.75, 3.05) is 25.2 Å². The van der Waals surface area contributed by atoms with Gasteiger partial charge in [-0.25, -0.2) is 13.2 Å². The molecular weight excluding hydrogens is 518 g/mol. The van der Waals surface area contributed by atoms with Crippen LogP contribution >= 0.6 is 0 Å². The Morgan fingerprint density at radius 3 is 2.23 bits per heavy atom. The van der Waals surface area contributed by atoms with E-state index in [1.54, 1.807) is 48.5 Å². The van der Waals surface area contributed by atoms with Gasteiger partial charge in [-0.3, -0.25) is 9.59 Å². The Bertz CT molecular complexity index is 1440. The normalized spacial score (nSPS) is 11.1. The van der Waals surface area contributed by atoms with Crippen LogP contribution in [-0.4, -0.2) is 51.1 Å². The van der Waals surface area contributed by atoms with E-state index in [1.165, 1.54) is 12.0 Å². The predicted molar refractivity (Wildman–Crippen MR) is 150 cm³/mol. The second-order valence-electron chi connectivity index (χ2n) is 9.54. The molecule has 3 amide bonds. The average molecular weight is 552 g/mol. The zero-order valence-corrected chi connectivity index (χ0v) is 23.2. The van der Waals surface area contributed by atoms with Crippen LogP contribution in [0.5, 0.6) is 0 Å². The molecule has 0 aliphatic rings. The van der Waals surface area contributed by atoms with E-state index in [0.29, 0.717) is 23.4 Å². The summed E-state index contributed by atoms with van der Waals surface area (Å²) in [4.78, 5) is 39.1. The molecule has 0 heterocycles. The zero-order valence-electron chi connectivity index (χ0n) is 22.4. The minimum atomic E-state index is -3.42. The molecule has 3 aromatic carbocycles. The van der Waals surface area contributed by atoms with Crippen molar-refractivity contribution < 1.29 is 27.5 Å². The lowest BCUT2D eigenvalue weighted by Crippen LogP contribution is -2.41. The van der Waals surface area contributed by atoms with Crippen molar-refractivity contribution in [2.24, 2.45) is 5.92 Å².